The molecule has 7 heteroatoms. The van der Waals surface area contributed by atoms with Crippen LogP contribution in [-0.2, 0) is 4.79 Å². The van der Waals surface area contributed by atoms with E-state index in [0.717, 1.165) is 5.56 Å². The zero-order valence-electron chi connectivity index (χ0n) is 10.7. The van der Waals surface area contributed by atoms with E-state index in [1.165, 1.54) is 0 Å². The van der Waals surface area contributed by atoms with Crippen molar-refractivity contribution in [2.45, 2.75) is 5.92 Å². The molecule has 6 nitrogen and oxygen atoms in total. The Labute approximate surface area is 124 Å². The number of H-pyrrole nitrogens is 2. The largest absolute Gasteiger partial charge is 0.318 e. The zero-order valence-corrected chi connectivity index (χ0v) is 11.5. The number of benzene rings is 1. The van der Waals surface area contributed by atoms with Gasteiger partial charge in [-0.1, -0.05) is 30.3 Å². The number of anilines is 1. The summed E-state index contributed by atoms with van der Waals surface area (Å²) in [5.74, 6) is -1.79. The maximum Gasteiger partial charge on any atom is 0.257 e. The van der Waals surface area contributed by atoms with Crippen molar-refractivity contribution in [2.24, 2.45) is 5.92 Å². The van der Waals surface area contributed by atoms with Crippen molar-refractivity contribution >= 4 is 23.9 Å². The molecule has 1 aliphatic rings. The number of nitriles is 1. The second-order valence-corrected chi connectivity index (χ2v) is 5.09. The third kappa shape index (κ3) is 2.15. The minimum Gasteiger partial charge on any atom is -0.318 e. The fourth-order valence-corrected chi connectivity index (χ4v) is 2.76. The number of amides is 1. The third-order valence-electron chi connectivity index (χ3n) is 3.45. The summed E-state index contributed by atoms with van der Waals surface area (Å²) < 4.78 is 0.126. The van der Waals surface area contributed by atoms with Crippen LogP contribution >= 0.6 is 12.2 Å². The first-order valence-electron chi connectivity index (χ1n) is 6.23. The molecule has 1 amide bonds. The summed E-state index contributed by atoms with van der Waals surface area (Å²) >= 11 is 4.91. The SMILES string of the molecule is N#C[C@@H]1C(=O)Nc2[nH]c(=S)[nH]c(=O)c2[C@@H]1c1ccccc1. The van der Waals surface area contributed by atoms with Gasteiger partial charge in [-0.05, 0) is 17.8 Å². The highest BCUT2D eigenvalue weighted by molar-refractivity contribution is 7.71. The summed E-state index contributed by atoms with van der Waals surface area (Å²) in [6, 6.07) is 11.0. The minimum atomic E-state index is -0.967. The van der Waals surface area contributed by atoms with E-state index in [9.17, 15) is 14.9 Å². The molecule has 0 saturated heterocycles. The van der Waals surface area contributed by atoms with Crippen molar-refractivity contribution in [1.82, 2.24) is 9.97 Å². The molecule has 1 aliphatic heterocycles. The Hall–Kier alpha value is -2.72. The predicted octanol–water partition coefficient (Wildman–Crippen LogP) is 1.66. The Morgan fingerprint density at radius 3 is 2.52 bits per heavy atom. The van der Waals surface area contributed by atoms with E-state index < -0.39 is 23.3 Å². The van der Waals surface area contributed by atoms with Crippen LogP contribution < -0.4 is 10.9 Å². The molecule has 104 valence electrons. The number of aromatic nitrogens is 2. The van der Waals surface area contributed by atoms with Crippen LogP contribution in [0.2, 0.25) is 0 Å². The van der Waals surface area contributed by atoms with Crippen molar-refractivity contribution in [3.05, 3.63) is 56.6 Å². The van der Waals surface area contributed by atoms with E-state index in [0.29, 0.717) is 5.56 Å². The van der Waals surface area contributed by atoms with Gasteiger partial charge in [0, 0.05) is 5.92 Å². The maximum atomic E-state index is 12.2. The summed E-state index contributed by atoms with van der Waals surface area (Å²) in [6.45, 7) is 0. The molecule has 2 atom stereocenters. The number of nitrogens with one attached hydrogen (secondary N) is 3. The molecular formula is C14H10N4O2S. The van der Waals surface area contributed by atoms with E-state index in [4.69, 9.17) is 12.2 Å². The molecule has 1 aromatic heterocycles. The molecule has 2 aromatic rings. The van der Waals surface area contributed by atoms with Gasteiger partial charge in [0.05, 0.1) is 11.6 Å². The van der Waals surface area contributed by atoms with Crippen LogP contribution in [0.4, 0.5) is 5.82 Å². The van der Waals surface area contributed by atoms with Crippen molar-refractivity contribution in [3.63, 3.8) is 0 Å². The molecule has 0 unspecified atom stereocenters. The molecule has 0 radical (unpaired) electrons. The lowest BCUT2D eigenvalue weighted by Crippen LogP contribution is -2.38. The van der Waals surface area contributed by atoms with Crippen LogP contribution in [0, 0.1) is 22.0 Å². The van der Waals surface area contributed by atoms with Gasteiger partial charge < -0.3 is 10.3 Å². The highest BCUT2D eigenvalue weighted by atomic mass is 32.1. The fourth-order valence-electron chi connectivity index (χ4n) is 2.56. The summed E-state index contributed by atoms with van der Waals surface area (Å²) in [7, 11) is 0. The molecule has 0 fully saturated rings. The molecule has 3 rings (SSSR count). The molecular weight excluding hydrogens is 288 g/mol. The number of carbonyl (C=O) groups is 1. The quantitative estimate of drug-likeness (QED) is 0.697. The number of carbonyl (C=O) groups excluding carboxylic acids is 1. The number of rotatable bonds is 1. The van der Waals surface area contributed by atoms with Crippen LogP contribution in [0.5, 0.6) is 0 Å². The molecule has 21 heavy (non-hydrogen) atoms. The van der Waals surface area contributed by atoms with E-state index in [1.807, 2.05) is 12.1 Å². The van der Waals surface area contributed by atoms with Crippen molar-refractivity contribution in [2.75, 3.05) is 5.32 Å². The van der Waals surface area contributed by atoms with Gasteiger partial charge in [-0.3, -0.25) is 14.6 Å². The molecule has 0 bridgehead atoms. The average molecular weight is 298 g/mol. The van der Waals surface area contributed by atoms with Gasteiger partial charge in [0.15, 0.2) is 4.77 Å². The standard InChI is InChI=1S/C14H10N4O2S/c15-6-8-9(7-4-2-1-3-5-7)10-11(16-12(8)19)17-14(21)18-13(10)20/h1-5,8-9H,(H3,16,17,18,19,20,21)/t8-,9+/m0/s1. The average Bonchev–Trinajstić information content (AvgIpc) is 2.46. The van der Waals surface area contributed by atoms with Crippen molar-refractivity contribution in [3.8, 4) is 6.07 Å². The van der Waals surface area contributed by atoms with Crippen LogP contribution in [-0.4, -0.2) is 15.9 Å². The van der Waals surface area contributed by atoms with Crippen LogP contribution in [0.1, 0.15) is 17.0 Å². The lowest BCUT2D eigenvalue weighted by Gasteiger charge is -2.28. The first-order valence-corrected chi connectivity index (χ1v) is 6.64. The van der Waals surface area contributed by atoms with Gasteiger partial charge in [-0.2, -0.15) is 5.26 Å². The number of fused-ring (bicyclic) bond motifs is 1. The lowest BCUT2D eigenvalue weighted by atomic mass is 9.79. The normalized spacial score (nSPS) is 20.2. The van der Waals surface area contributed by atoms with E-state index >= 15 is 0 Å². The van der Waals surface area contributed by atoms with Gasteiger partial charge in [0.2, 0.25) is 5.91 Å². The smallest absolute Gasteiger partial charge is 0.257 e. The molecule has 2 heterocycles. The Morgan fingerprint density at radius 1 is 1.14 bits per heavy atom. The van der Waals surface area contributed by atoms with E-state index in [2.05, 4.69) is 15.3 Å². The van der Waals surface area contributed by atoms with Crippen LogP contribution in [0.15, 0.2) is 35.1 Å². The summed E-state index contributed by atoms with van der Waals surface area (Å²) in [4.78, 5) is 29.6. The second kappa shape index (κ2) is 5.00. The summed E-state index contributed by atoms with van der Waals surface area (Å²) in [5.41, 5.74) is 0.653. The van der Waals surface area contributed by atoms with Gasteiger partial charge >= 0.3 is 0 Å². The van der Waals surface area contributed by atoms with Crippen LogP contribution in [0.3, 0.4) is 0 Å². The third-order valence-corrected chi connectivity index (χ3v) is 3.66. The van der Waals surface area contributed by atoms with E-state index in [1.54, 1.807) is 24.3 Å². The topological polar surface area (TPSA) is 102 Å². The van der Waals surface area contributed by atoms with Gasteiger partial charge in [-0.15, -0.1) is 0 Å². The predicted molar refractivity (Wildman–Crippen MR) is 78.3 cm³/mol. The first-order chi connectivity index (χ1) is 10.1. The van der Waals surface area contributed by atoms with Gasteiger partial charge in [-0.25, -0.2) is 0 Å². The Kier molecular flexibility index (Phi) is 3.16. The summed E-state index contributed by atoms with van der Waals surface area (Å²) in [5, 5.41) is 11.8. The Balaban J connectivity index is 2.31. The number of aromatic amines is 2. The molecule has 0 aliphatic carbocycles. The lowest BCUT2D eigenvalue weighted by molar-refractivity contribution is -0.119. The maximum absolute atomic E-state index is 12.2. The number of nitrogens with zero attached hydrogens (tertiary/aromatic N) is 1. The molecule has 0 spiro atoms. The molecule has 1 aromatic carbocycles. The fraction of sp³-hybridized carbons (Fsp3) is 0.143. The number of hydrogen-bond acceptors (Lipinski definition) is 4. The Morgan fingerprint density at radius 2 is 1.86 bits per heavy atom. The number of hydrogen-bond donors (Lipinski definition) is 3. The summed E-state index contributed by atoms with van der Waals surface area (Å²) in [6.07, 6.45) is 0. The minimum absolute atomic E-state index is 0.126. The van der Waals surface area contributed by atoms with E-state index in [-0.39, 0.29) is 10.6 Å². The molecule has 3 N–H and O–H groups in total. The first kappa shape index (κ1) is 13.3. The van der Waals surface area contributed by atoms with Gasteiger partial charge in [0.1, 0.15) is 11.7 Å². The van der Waals surface area contributed by atoms with Crippen molar-refractivity contribution < 1.29 is 4.79 Å². The van der Waals surface area contributed by atoms with Gasteiger partial charge in [0.25, 0.3) is 5.56 Å². The molecule has 0 saturated carbocycles. The zero-order chi connectivity index (χ0) is 15.0. The highest BCUT2D eigenvalue weighted by Crippen LogP contribution is 2.37. The van der Waals surface area contributed by atoms with Crippen molar-refractivity contribution in [1.29, 1.82) is 5.26 Å². The Bertz CT molecular complexity index is 863. The van der Waals surface area contributed by atoms with Crippen LogP contribution in [0.25, 0.3) is 0 Å². The second-order valence-electron chi connectivity index (χ2n) is 4.68. The monoisotopic (exact) mass is 298 g/mol. The highest BCUT2D eigenvalue weighted by Gasteiger charge is 2.39.